The van der Waals surface area contributed by atoms with Crippen molar-refractivity contribution in [2.45, 2.75) is 11.8 Å². The van der Waals surface area contributed by atoms with Crippen LogP contribution in [0.2, 0.25) is 0 Å². The SMILES string of the molecule is CNCC(=O)NCC(C)CSc1ccccc1OC.Cl. The van der Waals surface area contributed by atoms with Gasteiger partial charge in [0.1, 0.15) is 5.75 Å². The molecule has 6 heteroatoms. The normalized spacial score (nSPS) is 11.3. The number of thioether (sulfide) groups is 1. The second-order valence-corrected chi connectivity index (χ2v) is 5.46. The fourth-order valence-electron chi connectivity index (χ4n) is 1.54. The summed E-state index contributed by atoms with van der Waals surface area (Å²) in [6.07, 6.45) is 0. The summed E-state index contributed by atoms with van der Waals surface area (Å²) in [4.78, 5) is 12.5. The number of likely N-dealkylation sites (N-methyl/N-ethyl adjacent to an activating group) is 1. The van der Waals surface area contributed by atoms with E-state index in [-0.39, 0.29) is 18.3 Å². The van der Waals surface area contributed by atoms with E-state index in [0.29, 0.717) is 19.0 Å². The molecule has 4 nitrogen and oxygen atoms in total. The van der Waals surface area contributed by atoms with Gasteiger partial charge in [-0.2, -0.15) is 0 Å². The molecule has 1 aromatic rings. The number of rotatable bonds is 8. The van der Waals surface area contributed by atoms with Crippen molar-refractivity contribution in [2.75, 3.05) is 33.0 Å². The van der Waals surface area contributed by atoms with Crippen LogP contribution in [0.3, 0.4) is 0 Å². The topological polar surface area (TPSA) is 50.4 Å². The Morgan fingerprint density at radius 1 is 1.40 bits per heavy atom. The molecule has 0 aliphatic rings. The van der Waals surface area contributed by atoms with Gasteiger partial charge in [-0.3, -0.25) is 4.79 Å². The van der Waals surface area contributed by atoms with Gasteiger partial charge in [-0.25, -0.2) is 0 Å². The van der Waals surface area contributed by atoms with Crippen molar-refractivity contribution in [3.05, 3.63) is 24.3 Å². The maximum Gasteiger partial charge on any atom is 0.233 e. The highest BCUT2D eigenvalue weighted by molar-refractivity contribution is 7.99. The minimum Gasteiger partial charge on any atom is -0.496 e. The van der Waals surface area contributed by atoms with Crippen LogP contribution < -0.4 is 15.4 Å². The Morgan fingerprint density at radius 3 is 2.75 bits per heavy atom. The molecule has 0 aliphatic heterocycles. The number of carbonyl (C=O) groups excluding carboxylic acids is 1. The average Bonchev–Trinajstić information content (AvgIpc) is 2.43. The third-order valence-electron chi connectivity index (χ3n) is 2.58. The van der Waals surface area contributed by atoms with Gasteiger partial charge in [0.2, 0.25) is 5.91 Å². The molecule has 0 saturated heterocycles. The molecule has 1 rings (SSSR count). The quantitative estimate of drug-likeness (QED) is 0.721. The number of nitrogens with one attached hydrogen (secondary N) is 2. The lowest BCUT2D eigenvalue weighted by Gasteiger charge is -2.13. The maximum absolute atomic E-state index is 11.3. The molecule has 114 valence electrons. The summed E-state index contributed by atoms with van der Waals surface area (Å²) in [5.74, 6) is 2.30. The van der Waals surface area contributed by atoms with E-state index >= 15 is 0 Å². The lowest BCUT2D eigenvalue weighted by molar-refractivity contribution is -0.120. The summed E-state index contributed by atoms with van der Waals surface area (Å²) in [5.41, 5.74) is 0. The molecule has 0 saturated carbocycles. The lowest BCUT2D eigenvalue weighted by Crippen LogP contribution is -2.35. The van der Waals surface area contributed by atoms with E-state index in [1.165, 1.54) is 0 Å². The fraction of sp³-hybridized carbons (Fsp3) is 0.500. The molecule has 0 radical (unpaired) electrons. The molecule has 0 heterocycles. The Balaban J connectivity index is 0.00000361. The molecule has 0 aromatic heterocycles. The van der Waals surface area contributed by atoms with Gasteiger partial charge in [-0.15, -0.1) is 24.2 Å². The van der Waals surface area contributed by atoms with Gasteiger partial charge < -0.3 is 15.4 Å². The molecule has 1 aromatic carbocycles. The predicted octanol–water partition coefficient (Wildman–Crippen LogP) is 2.18. The van der Waals surface area contributed by atoms with E-state index in [9.17, 15) is 4.79 Å². The van der Waals surface area contributed by atoms with Crippen LogP contribution in [-0.4, -0.2) is 38.9 Å². The first-order valence-corrected chi connectivity index (χ1v) is 7.33. The summed E-state index contributed by atoms with van der Waals surface area (Å²) in [5, 5.41) is 5.73. The zero-order valence-electron chi connectivity index (χ0n) is 12.1. The Hall–Kier alpha value is -0.910. The molecule has 1 unspecified atom stereocenters. The molecular formula is C14H23ClN2O2S. The van der Waals surface area contributed by atoms with Crippen LogP contribution >= 0.6 is 24.2 Å². The van der Waals surface area contributed by atoms with Gasteiger partial charge >= 0.3 is 0 Å². The van der Waals surface area contributed by atoms with Crippen LogP contribution in [-0.2, 0) is 4.79 Å². The molecule has 1 atom stereocenters. The number of para-hydroxylation sites is 1. The van der Waals surface area contributed by atoms with Gasteiger partial charge in [0.25, 0.3) is 0 Å². The van der Waals surface area contributed by atoms with Gasteiger partial charge in [0.15, 0.2) is 0 Å². The van der Waals surface area contributed by atoms with Crippen molar-refractivity contribution >= 4 is 30.1 Å². The zero-order chi connectivity index (χ0) is 14.1. The molecule has 0 aliphatic carbocycles. The van der Waals surface area contributed by atoms with Crippen molar-refractivity contribution in [3.63, 3.8) is 0 Å². The van der Waals surface area contributed by atoms with Crippen molar-refractivity contribution in [2.24, 2.45) is 5.92 Å². The van der Waals surface area contributed by atoms with E-state index in [1.54, 1.807) is 25.9 Å². The van der Waals surface area contributed by atoms with Gasteiger partial charge in [0, 0.05) is 17.2 Å². The summed E-state index contributed by atoms with van der Waals surface area (Å²) < 4.78 is 5.31. The van der Waals surface area contributed by atoms with Crippen LogP contribution in [0.4, 0.5) is 0 Å². The Morgan fingerprint density at radius 2 is 2.10 bits per heavy atom. The molecule has 2 N–H and O–H groups in total. The fourth-order valence-corrected chi connectivity index (χ4v) is 2.59. The number of methoxy groups -OCH3 is 1. The maximum atomic E-state index is 11.3. The van der Waals surface area contributed by atoms with E-state index < -0.39 is 0 Å². The Kier molecular flexibility index (Phi) is 10.3. The average molecular weight is 319 g/mol. The minimum atomic E-state index is 0. The summed E-state index contributed by atoms with van der Waals surface area (Å²) in [6, 6.07) is 7.98. The van der Waals surface area contributed by atoms with E-state index in [0.717, 1.165) is 16.4 Å². The van der Waals surface area contributed by atoms with Crippen molar-refractivity contribution < 1.29 is 9.53 Å². The third kappa shape index (κ3) is 7.03. The Bertz CT molecular complexity index is 405. The standard InChI is InChI=1S/C14H22N2O2S.ClH/c1-11(8-16-14(17)9-15-2)10-19-13-7-5-4-6-12(13)18-3;/h4-7,11,15H,8-10H2,1-3H3,(H,16,17);1H. The number of ether oxygens (including phenoxy) is 1. The van der Waals surface area contributed by atoms with Gasteiger partial charge in [-0.1, -0.05) is 19.1 Å². The van der Waals surface area contributed by atoms with Crippen LogP contribution in [0, 0.1) is 5.92 Å². The number of hydrogen-bond donors (Lipinski definition) is 2. The lowest BCUT2D eigenvalue weighted by atomic mass is 10.2. The second kappa shape index (κ2) is 10.8. The number of halogens is 1. The minimum absolute atomic E-state index is 0. The van der Waals surface area contributed by atoms with Crippen LogP contribution in [0.25, 0.3) is 0 Å². The smallest absolute Gasteiger partial charge is 0.233 e. The van der Waals surface area contributed by atoms with E-state index in [1.807, 2.05) is 18.2 Å². The summed E-state index contributed by atoms with van der Waals surface area (Å²) in [7, 11) is 3.45. The second-order valence-electron chi connectivity index (χ2n) is 4.40. The third-order valence-corrected chi connectivity index (χ3v) is 3.96. The molecule has 1 amide bonds. The van der Waals surface area contributed by atoms with Crippen LogP contribution in [0.15, 0.2) is 29.2 Å². The summed E-state index contributed by atoms with van der Waals surface area (Å²) in [6.45, 7) is 3.19. The van der Waals surface area contributed by atoms with Crippen molar-refractivity contribution in [3.8, 4) is 5.75 Å². The predicted molar refractivity (Wildman–Crippen MR) is 87.1 cm³/mol. The van der Waals surface area contributed by atoms with Crippen LogP contribution in [0.5, 0.6) is 5.75 Å². The molecule has 0 fully saturated rings. The van der Waals surface area contributed by atoms with Crippen molar-refractivity contribution in [1.29, 1.82) is 0 Å². The first kappa shape index (κ1) is 19.1. The van der Waals surface area contributed by atoms with Gasteiger partial charge in [0.05, 0.1) is 13.7 Å². The highest BCUT2D eigenvalue weighted by Crippen LogP contribution is 2.29. The highest BCUT2D eigenvalue weighted by Gasteiger charge is 2.08. The Labute approximate surface area is 131 Å². The molecular weight excluding hydrogens is 296 g/mol. The first-order valence-electron chi connectivity index (χ1n) is 6.34. The zero-order valence-corrected chi connectivity index (χ0v) is 13.8. The first-order chi connectivity index (χ1) is 9.17. The number of amides is 1. The van der Waals surface area contributed by atoms with Gasteiger partial charge in [-0.05, 0) is 25.1 Å². The van der Waals surface area contributed by atoms with Crippen LogP contribution in [0.1, 0.15) is 6.92 Å². The van der Waals surface area contributed by atoms with E-state index in [4.69, 9.17) is 4.74 Å². The molecule has 0 spiro atoms. The largest absolute Gasteiger partial charge is 0.496 e. The van der Waals surface area contributed by atoms with Crippen molar-refractivity contribution in [1.82, 2.24) is 10.6 Å². The number of benzene rings is 1. The molecule has 0 bridgehead atoms. The number of hydrogen-bond acceptors (Lipinski definition) is 4. The highest BCUT2D eigenvalue weighted by atomic mass is 35.5. The number of carbonyl (C=O) groups is 1. The molecule has 20 heavy (non-hydrogen) atoms. The summed E-state index contributed by atoms with van der Waals surface area (Å²) >= 11 is 1.75. The monoisotopic (exact) mass is 318 g/mol. The van der Waals surface area contributed by atoms with E-state index in [2.05, 4.69) is 23.6 Å².